The van der Waals surface area contributed by atoms with Crippen LogP contribution in [0, 0.1) is 0 Å². The van der Waals surface area contributed by atoms with Crippen LogP contribution in [0.15, 0.2) is 24.3 Å². The number of carboxylic acids is 1. The molecule has 0 aliphatic heterocycles. The van der Waals surface area contributed by atoms with Crippen molar-refractivity contribution < 1.29 is 14.4 Å². The lowest BCUT2D eigenvalue weighted by atomic mass is 10.1. The SMILES string of the molecule is O=C(O)Cc1cccc(OP)c1. The Hall–Kier alpha value is -1.08. The molecule has 0 fully saturated rings. The zero-order valence-corrected chi connectivity index (χ0v) is 7.51. The van der Waals surface area contributed by atoms with Crippen molar-refractivity contribution in [3.8, 4) is 5.75 Å². The molecule has 12 heavy (non-hydrogen) atoms. The second-order valence-electron chi connectivity index (χ2n) is 2.34. The van der Waals surface area contributed by atoms with Crippen LogP contribution in [0.1, 0.15) is 5.56 Å². The molecule has 0 aromatic heterocycles. The predicted octanol–water partition coefficient (Wildman–Crippen LogP) is 1.48. The zero-order valence-electron chi connectivity index (χ0n) is 6.36. The van der Waals surface area contributed by atoms with E-state index in [1.165, 1.54) is 0 Å². The van der Waals surface area contributed by atoms with E-state index in [4.69, 9.17) is 9.63 Å². The normalized spacial score (nSPS) is 9.42. The molecule has 0 spiro atoms. The highest BCUT2D eigenvalue weighted by atomic mass is 31.0. The van der Waals surface area contributed by atoms with Gasteiger partial charge in [-0.15, -0.1) is 0 Å². The third-order valence-corrected chi connectivity index (χ3v) is 1.66. The zero-order chi connectivity index (χ0) is 8.97. The van der Waals surface area contributed by atoms with Crippen molar-refractivity contribution in [2.75, 3.05) is 0 Å². The van der Waals surface area contributed by atoms with Crippen molar-refractivity contribution in [3.05, 3.63) is 29.8 Å². The molecular formula is C8H9O3P. The minimum Gasteiger partial charge on any atom is -0.481 e. The quantitative estimate of drug-likeness (QED) is 0.723. The highest BCUT2D eigenvalue weighted by molar-refractivity contribution is 7.10. The third kappa shape index (κ3) is 2.51. The van der Waals surface area contributed by atoms with Gasteiger partial charge in [-0.3, -0.25) is 4.79 Å². The van der Waals surface area contributed by atoms with E-state index >= 15 is 0 Å². The first-order chi connectivity index (χ1) is 5.72. The highest BCUT2D eigenvalue weighted by Crippen LogP contribution is 2.15. The molecule has 0 aliphatic carbocycles. The topological polar surface area (TPSA) is 46.5 Å². The molecular weight excluding hydrogens is 175 g/mol. The summed E-state index contributed by atoms with van der Waals surface area (Å²) in [6.07, 6.45) is 0.0296. The largest absolute Gasteiger partial charge is 0.481 e. The molecule has 0 aliphatic rings. The molecule has 1 aromatic carbocycles. The molecule has 0 saturated heterocycles. The molecule has 0 saturated carbocycles. The maximum atomic E-state index is 10.3. The van der Waals surface area contributed by atoms with Gasteiger partial charge in [0.2, 0.25) is 0 Å². The van der Waals surface area contributed by atoms with Crippen LogP contribution in [0.4, 0.5) is 0 Å². The summed E-state index contributed by atoms with van der Waals surface area (Å²) in [4.78, 5) is 10.3. The van der Waals surface area contributed by atoms with Crippen LogP contribution in [0.3, 0.4) is 0 Å². The van der Waals surface area contributed by atoms with Crippen molar-refractivity contribution >= 4 is 15.4 Å². The Labute approximate surface area is 72.6 Å². The fourth-order valence-corrected chi connectivity index (χ4v) is 1.05. The molecule has 1 atom stereocenters. The Bertz CT molecular complexity index is 285. The standard InChI is InChI=1S/C8H9O3P/c9-8(10)5-6-2-1-3-7(4-6)11-12/h1-4H,5,12H2,(H,9,10). The van der Waals surface area contributed by atoms with Gasteiger partial charge in [0.25, 0.3) is 0 Å². The van der Waals surface area contributed by atoms with E-state index in [1.54, 1.807) is 24.3 Å². The van der Waals surface area contributed by atoms with Crippen LogP contribution in [0.2, 0.25) is 0 Å². The van der Waals surface area contributed by atoms with Gasteiger partial charge in [0.1, 0.15) is 5.75 Å². The van der Waals surface area contributed by atoms with Crippen LogP contribution >= 0.6 is 9.47 Å². The van der Waals surface area contributed by atoms with Gasteiger partial charge in [0, 0.05) is 0 Å². The monoisotopic (exact) mass is 184 g/mol. The molecule has 0 amide bonds. The fourth-order valence-electron chi connectivity index (χ4n) is 0.903. The number of hydrogen-bond acceptors (Lipinski definition) is 2. The van der Waals surface area contributed by atoms with Crippen molar-refractivity contribution in [1.82, 2.24) is 0 Å². The first-order valence-corrected chi connectivity index (χ1v) is 3.87. The average molecular weight is 184 g/mol. The number of carbonyl (C=O) groups is 1. The van der Waals surface area contributed by atoms with Crippen LogP contribution in [0.25, 0.3) is 0 Å². The van der Waals surface area contributed by atoms with Gasteiger partial charge in [-0.1, -0.05) is 12.1 Å². The van der Waals surface area contributed by atoms with Gasteiger partial charge in [-0.05, 0) is 17.7 Å². The fraction of sp³-hybridized carbons (Fsp3) is 0.125. The van der Waals surface area contributed by atoms with E-state index < -0.39 is 5.97 Å². The lowest BCUT2D eigenvalue weighted by Crippen LogP contribution is -1.99. The molecule has 0 radical (unpaired) electrons. The summed E-state index contributed by atoms with van der Waals surface area (Å²) in [5, 5.41) is 8.48. The number of aliphatic carboxylic acids is 1. The molecule has 1 rings (SSSR count). The van der Waals surface area contributed by atoms with Crippen LogP contribution in [0.5, 0.6) is 5.75 Å². The summed E-state index contributed by atoms with van der Waals surface area (Å²) < 4.78 is 4.86. The third-order valence-electron chi connectivity index (χ3n) is 1.39. The molecule has 1 unspecified atom stereocenters. The van der Waals surface area contributed by atoms with E-state index in [2.05, 4.69) is 9.47 Å². The van der Waals surface area contributed by atoms with Crippen molar-refractivity contribution in [3.63, 3.8) is 0 Å². The van der Waals surface area contributed by atoms with Crippen molar-refractivity contribution in [2.45, 2.75) is 6.42 Å². The Balaban J connectivity index is 2.79. The summed E-state index contributed by atoms with van der Waals surface area (Å²) in [7, 11) is 2.11. The molecule has 64 valence electrons. The maximum Gasteiger partial charge on any atom is 0.307 e. The van der Waals surface area contributed by atoms with E-state index in [-0.39, 0.29) is 6.42 Å². The van der Waals surface area contributed by atoms with Crippen molar-refractivity contribution in [1.29, 1.82) is 0 Å². The minimum atomic E-state index is -0.837. The number of benzene rings is 1. The van der Waals surface area contributed by atoms with Gasteiger partial charge >= 0.3 is 5.97 Å². The second-order valence-corrected chi connectivity index (χ2v) is 2.57. The van der Waals surface area contributed by atoms with Gasteiger partial charge in [0.15, 0.2) is 0 Å². The predicted molar refractivity (Wildman–Crippen MR) is 48.1 cm³/mol. The molecule has 4 heteroatoms. The van der Waals surface area contributed by atoms with Crippen LogP contribution in [-0.2, 0) is 11.2 Å². The number of carboxylic acid groups (broad SMARTS) is 1. The number of rotatable bonds is 3. The Morgan fingerprint density at radius 1 is 1.58 bits per heavy atom. The smallest absolute Gasteiger partial charge is 0.307 e. The number of hydrogen-bond donors (Lipinski definition) is 1. The van der Waals surface area contributed by atoms with Gasteiger partial charge in [-0.2, -0.15) is 0 Å². The summed E-state index contributed by atoms with van der Waals surface area (Å²) >= 11 is 0. The molecule has 1 N–H and O–H groups in total. The molecule has 1 aromatic rings. The lowest BCUT2D eigenvalue weighted by molar-refractivity contribution is -0.136. The molecule has 0 bridgehead atoms. The lowest BCUT2D eigenvalue weighted by Gasteiger charge is -2.00. The van der Waals surface area contributed by atoms with E-state index in [0.29, 0.717) is 5.75 Å². The first kappa shape index (κ1) is 9.01. The Kier molecular flexibility index (Phi) is 3.06. The molecule has 3 nitrogen and oxygen atoms in total. The summed E-state index contributed by atoms with van der Waals surface area (Å²) in [5.74, 6) is -0.186. The molecule has 0 heterocycles. The maximum absolute atomic E-state index is 10.3. The minimum absolute atomic E-state index is 0.0296. The Morgan fingerprint density at radius 3 is 2.92 bits per heavy atom. The highest BCUT2D eigenvalue weighted by Gasteiger charge is 2.00. The summed E-state index contributed by atoms with van der Waals surface area (Å²) in [6, 6.07) is 6.97. The van der Waals surface area contributed by atoms with Gasteiger partial charge in [-0.25, -0.2) is 0 Å². The van der Waals surface area contributed by atoms with E-state index in [0.717, 1.165) is 5.56 Å². The van der Waals surface area contributed by atoms with Crippen LogP contribution in [-0.4, -0.2) is 11.1 Å². The summed E-state index contributed by atoms with van der Waals surface area (Å²) in [5.41, 5.74) is 0.738. The Morgan fingerprint density at radius 2 is 2.33 bits per heavy atom. The van der Waals surface area contributed by atoms with Crippen LogP contribution < -0.4 is 4.52 Å². The van der Waals surface area contributed by atoms with E-state index in [1.807, 2.05) is 0 Å². The second kappa shape index (κ2) is 4.07. The summed E-state index contributed by atoms with van der Waals surface area (Å²) in [6.45, 7) is 0. The van der Waals surface area contributed by atoms with Gasteiger partial charge in [0.05, 0.1) is 15.9 Å². The first-order valence-electron chi connectivity index (χ1n) is 3.40. The van der Waals surface area contributed by atoms with Gasteiger partial charge < -0.3 is 9.63 Å². The van der Waals surface area contributed by atoms with Crippen molar-refractivity contribution in [2.24, 2.45) is 0 Å². The van der Waals surface area contributed by atoms with E-state index in [9.17, 15) is 4.79 Å². The average Bonchev–Trinajstić information content (AvgIpc) is 2.03.